The Balaban J connectivity index is 2.35. The van der Waals surface area contributed by atoms with E-state index in [9.17, 15) is 4.79 Å². The summed E-state index contributed by atoms with van der Waals surface area (Å²) in [4.78, 5) is 10.6. The Kier molecular flexibility index (Phi) is 3.10. The van der Waals surface area contributed by atoms with Crippen LogP contribution in [0.15, 0.2) is 48.5 Å². The van der Waals surface area contributed by atoms with Gasteiger partial charge in [0.05, 0.1) is 6.42 Å². The molecule has 0 heterocycles. The Bertz CT molecular complexity index is 535. The molecule has 0 unspecified atom stereocenters. The number of carbonyl (C=O) groups is 1. The van der Waals surface area contributed by atoms with Crippen LogP contribution in [0.4, 0.5) is 5.69 Å². The molecule has 0 atom stereocenters. The fraction of sp³-hybridized carbons (Fsp3) is 0.0714. The maximum absolute atomic E-state index is 10.6. The summed E-state index contributed by atoms with van der Waals surface area (Å²) >= 11 is 0. The van der Waals surface area contributed by atoms with Crippen LogP contribution in [-0.2, 0) is 11.2 Å². The predicted octanol–water partition coefficient (Wildman–Crippen LogP) is 2.56. The molecule has 0 fully saturated rings. The van der Waals surface area contributed by atoms with E-state index in [2.05, 4.69) is 0 Å². The summed E-state index contributed by atoms with van der Waals surface area (Å²) in [6.07, 6.45) is -0.000725. The summed E-state index contributed by atoms with van der Waals surface area (Å²) in [6.45, 7) is 0. The molecule has 0 aliphatic heterocycles. The van der Waals surface area contributed by atoms with E-state index in [0.717, 1.165) is 16.7 Å². The van der Waals surface area contributed by atoms with Crippen molar-refractivity contribution in [3.05, 3.63) is 54.1 Å². The van der Waals surface area contributed by atoms with E-state index < -0.39 is 5.97 Å². The van der Waals surface area contributed by atoms with Crippen molar-refractivity contribution >= 4 is 11.7 Å². The summed E-state index contributed by atoms with van der Waals surface area (Å²) in [5, 5.41) is 8.70. The molecule has 0 bridgehead atoms. The minimum atomic E-state index is -0.850. The van der Waals surface area contributed by atoms with Crippen molar-refractivity contribution in [2.45, 2.75) is 6.42 Å². The highest BCUT2D eigenvalue weighted by Crippen LogP contribution is 2.26. The Labute approximate surface area is 99.5 Å². The van der Waals surface area contributed by atoms with Crippen molar-refractivity contribution in [3.8, 4) is 11.1 Å². The number of carboxylic acids is 1. The molecule has 0 saturated carbocycles. The third kappa shape index (κ3) is 2.64. The minimum Gasteiger partial charge on any atom is -0.481 e. The van der Waals surface area contributed by atoms with Gasteiger partial charge in [-0.05, 0) is 17.2 Å². The lowest BCUT2D eigenvalue weighted by atomic mass is 10.0. The average molecular weight is 227 g/mol. The molecule has 3 nitrogen and oxygen atoms in total. The van der Waals surface area contributed by atoms with Gasteiger partial charge in [0.2, 0.25) is 0 Å². The molecule has 86 valence electrons. The first kappa shape index (κ1) is 11.2. The highest BCUT2D eigenvalue weighted by Gasteiger charge is 2.05. The predicted molar refractivity (Wildman–Crippen MR) is 67.6 cm³/mol. The van der Waals surface area contributed by atoms with E-state index in [-0.39, 0.29) is 6.42 Å². The first-order valence-electron chi connectivity index (χ1n) is 5.32. The molecule has 0 aliphatic carbocycles. The normalized spacial score (nSPS) is 10.1. The molecular formula is C14H13NO2. The molecule has 0 aromatic heterocycles. The zero-order chi connectivity index (χ0) is 12.3. The molecule has 0 amide bonds. The molecule has 2 aromatic rings. The van der Waals surface area contributed by atoms with Gasteiger partial charge in [-0.3, -0.25) is 4.79 Å². The quantitative estimate of drug-likeness (QED) is 0.792. The van der Waals surface area contributed by atoms with Crippen LogP contribution < -0.4 is 5.73 Å². The summed E-state index contributed by atoms with van der Waals surface area (Å²) < 4.78 is 0. The molecule has 2 rings (SSSR count). The van der Waals surface area contributed by atoms with Crippen molar-refractivity contribution in [1.82, 2.24) is 0 Å². The van der Waals surface area contributed by atoms with E-state index in [0.29, 0.717) is 5.69 Å². The Hall–Kier alpha value is -2.29. The Morgan fingerprint density at radius 2 is 1.82 bits per heavy atom. The Morgan fingerprint density at radius 1 is 1.12 bits per heavy atom. The Morgan fingerprint density at radius 3 is 2.41 bits per heavy atom. The number of hydrogen-bond donors (Lipinski definition) is 2. The number of nitrogens with two attached hydrogens (primary N) is 1. The van der Waals surface area contributed by atoms with Crippen molar-refractivity contribution in [2.24, 2.45) is 0 Å². The molecule has 17 heavy (non-hydrogen) atoms. The van der Waals surface area contributed by atoms with Gasteiger partial charge in [0.25, 0.3) is 0 Å². The van der Waals surface area contributed by atoms with Gasteiger partial charge in [-0.25, -0.2) is 0 Å². The van der Waals surface area contributed by atoms with E-state index in [1.807, 2.05) is 36.4 Å². The first-order valence-corrected chi connectivity index (χ1v) is 5.32. The van der Waals surface area contributed by atoms with E-state index in [4.69, 9.17) is 10.8 Å². The fourth-order valence-corrected chi connectivity index (χ4v) is 1.78. The molecular weight excluding hydrogens is 214 g/mol. The van der Waals surface area contributed by atoms with Gasteiger partial charge in [-0.2, -0.15) is 0 Å². The number of nitrogen functional groups attached to an aromatic ring is 1. The third-order valence-electron chi connectivity index (χ3n) is 2.56. The first-order chi connectivity index (χ1) is 8.16. The number of carboxylic acid groups (broad SMARTS) is 1. The van der Waals surface area contributed by atoms with Gasteiger partial charge < -0.3 is 10.8 Å². The average Bonchev–Trinajstić information content (AvgIpc) is 2.29. The van der Waals surface area contributed by atoms with Crippen LogP contribution in [0.3, 0.4) is 0 Å². The van der Waals surface area contributed by atoms with Gasteiger partial charge in [-0.15, -0.1) is 0 Å². The van der Waals surface area contributed by atoms with Gasteiger partial charge >= 0.3 is 5.97 Å². The van der Waals surface area contributed by atoms with E-state index in [1.54, 1.807) is 12.1 Å². The number of anilines is 1. The highest BCUT2D eigenvalue weighted by atomic mass is 16.4. The lowest BCUT2D eigenvalue weighted by molar-refractivity contribution is -0.136. The van der Waals surface area contributed by atoms with Crippen molar-refractivity contribution in [3.63, 3.8) is 0 Å². The number of rotatable bonds is 3. The lowest BCUT2D eigenvalue weighted by Crippen LogP contribution is -2.01. The summed E-state index contributed by atoms with van der Waals surface area (Å²) in [5.41, 5.74) is 9.22. The summed E-state index contributed by atoms with van der Waals surface area (Å²) in [6, 6.07) is 15.2. The highest BCUT2D eigenvalue weighted by molar-refractivity contribution is 5.78. The van der Waals surface area contributed by atoms with Gasteiger partial charge in [0.15, 0.2) is 0 Å². The maximum Gasteiger partial charge on any atom is 0.307 e. The summed E-state index contributed by atoms with van der Waals surface area (Å²) in [5.74, 6) is -0.850. The van der Waals surface area contributed by atoms with E-state index >= 15 is 0 Å². The fourth-order valence-electron chi connectivity index (χ4n) is 1.78. The zero-order valence-electron chi connectivity index (χ0n) is 9.26. The summed E-state index contributed by atoms with van der Waals surface area (Å²) in [7, 11) is 0. The minimum absolute atomic E-state index is 0.000725. The monoisotopic (exact) mass is 227 g/mol. The zero-order valence-corrected chi connectivity index (χ0v) is 9.26. The van der Waals surface area contributed by atoms with Gasteiger partial charge in [-0.1, -0.05) is 42.5 Å². The van der Waals surface area contributed by atoms with Crippen LogP contribution in [0.2, 0.25) is 0 Å². The maximum atomic E-state index is 10.6. The van der Waals surface area contributed by atoms with Crippen LogP contribution in [0.25, 0.3) is 11.1 Å². The number of benzene rings is 2. The second-order valence-electron chi connectivity index (χ2n) is 3.86. The molecule has 2 aromatic carbocycles. The molecule has 3 N–H and O–H groups in total. The second-order valence-corrected chi connectivity index (χ2v) is 3.86. The van der Waals surface area contributed by atoms with Gasteiger partial charge in [0, 0.05) is 11.3 Å². The number of aliphatic carboxylic acids is 1. The van der Waals surface area contributed by atoms with Crippen molar-refractivity contribution < 1.29 is 9.90 Å². The van der Waals surface area contributed by atoms with Crippen LogP contribution in [0, 0.1) is 0 Å². The second kappa shape index (κ2) is 4.70. The van der Waals surface area contributed by atoms with Crippen molar-refractivity contribution in [2.75, 3.05) is 5.73 Å². The largest absolute Gasteiger partial charge is 0.481 e. The molecule has 0 spiro atoms. The van der Waals surface area contributed by atoms with Gasteiger partial charge in [0.1, 0.15) is 0 Å². The standard InChI is InChI=1S/C14H13NO2/c15-13-8-10(9-14(16)17)6-7-12(13)11-4-2-1-3-5-11/h1-8H,9,15H2,(H,16,17). The molecule has 0 radical (unpaired) electrons. The lowest BCUT2D eigenvalue weighted by Gasteiger charge is -2.07. The van der Waals surface area contributed by atoms with Crippen LogP contribution in [0.5, 0.6) is 0 Å². The smallest absolute Gasteiger partial charge is 0.307 e. The number of hydrogen-bond acceptors (Lipinski definition) is 2. The van der Waals surface area contributed by atoms with Crippen LogP contribution in [-0.4, -0.2) is 11.1 Å². The van der Waals surface area contributed by atoms with Crippen LogP contribution >= 0.6 is 0 Å². The van der Waals surface area contributed by atoms with Crippen LogP contribution in [0.1, 0.15) is 5.56 Å². The molecule has 0 saturated heterocycles. The third-order valence-corrected chi connectivity index (χ3v) is 2.56. The van der Waals surface area contributed by atoms with E-state index in [1.165, 1.54) is 0 Å². The molecule has 0 aliphatic rings. The topological polar surface area (TPSA) is 63.3 Å². The SMILES string of the molecule is Nc1cc(CC(=O)O)ccc1-c1ccccc1. The molecule has 3 heteroatoms. The van der Waals surface area contributed by atoms with Crippen molar-refractivity contribution in [1.29, 1.82) is 0 Å².